The van der Waals surface area contributed by atoms with Gasteiger partial charge in [-0.15, -0.1) is 5.92 Å². The molecule has 2 N–H and O–H groups in total. The summed E-state index contributed by atoms with van der Waals surface area (Å²) in [4.78, 5) is 0. The SMILES string of the molecule is CC1=CC[C@@H]2[C@H](C1)c1c(O)cc(CC#CCCCNS(C)(=O)=O)cc1OC2(C)C. The molecule has 1 aliphatic carbocycles. The molecule has 0 aromatic heterocycles. The average molecular weight is 418 g/mol. The molecule has 0 unspecified atom stereocenters. The van der Waals surface area contributed by atoms with Gasteiger partial charge in [0, 0.05) is 36.8 Å². The monoisotopic (exact) mass is 417 g/mol. The van der Waals surface area contributed by atoms with Crippen LogP contribution in [0.25, 0.3) is 0 Å². The molecule has 1 aliphatic heterocycles. The molecular formula is C23H31NO4S. The predicted molar refractivity (Wildman–Crippen MR) is 116 cm³/mol. The number of ether oxygens (including phenoxy) is 1. The lowest BCUT2D eigenvalue weighted by Gasteiger charge is -2.47. The Morgan fingerprint density at radius 1 is 1.31 bits per heavy atom. The number of rotatable bonds is 5. The van der Waals surface area contributed by atoms with Crippen LogP contribution in [-0.4, -0.2) is 31.9 Å². The van der Waals surface area contributed by atoms with Crippen molar-refractivity contribution in [3.05, 3.63) is 34.9 Å². The number of unbranched alkanes of at least 4 members (excludes halogenated alkanes) is 1. The van der Waals surface area contributed by atoms with Gasteiger partial charge in [0.05, 0.1) is 6.26 Å². The molecule has 2 aliphatic rings. The smallest absolute Gasteiger partial charge is 0.208 e. The fraction of sp³-hybridized carbons (Fsp3) is 0.565. The molecule has 3 rings (SSSR count). The first-order valence-corrected chi connectivity index (χ1v) is 12.1. The van der Waals surface area contributed by atoms with E-state index < -0.39 is 10.0 Å². The summed E-state index contributed by atoms with van der Waals surface area (Å²) in [5.41, 5.74) is 2.96. The van der Waals surface area contributed by atoms with Gasteiger partial charge in [-0.05, 0) is 57.7 Å². The van der Waals surface area contributed by atoms with Gasteiger partial charge in [-0.25, -0.2) is 13.1 Å². The van der Waals surface area contributed by atoms with Crippen molar-refractivity contribution in [3.63, 3.8) is 0 Å². The molecule has 0 saturated heterocycles. The number of allylic oxidation sites excluding steroid dienone is 2. The van der Waals surface area contributed by atoms with Crippen LogP contribution >= 0.6 is 0 Å². The van der Waals surface area contributed by atoms with Gasteiger partial charge in [0.2, 0.25) is 10.0 Å². The Labute approximate surface area is 174 Å². The van der Waals surface area contributed by atoms with E-state index in [2.05, 4.69) is 43.4 Å². The molecule has 6 heteroatoms. The van der Waals surface area contributed by atoms with Gasteiger partial charge in [0.25, 0.3) is 0 Å². The minimum absolute atomic E-state index is 0.279. The van der Waals surface area contributed by atoms with Crippen molar-refractivity contribution in [2.24, 2.45) is 5.92 Å². The summed E-state index contributed by atoms with van der Waals surface area (Å²) in [5.74, 6) is 7.90. The van der Waals surface area contributed by atoms with Gasteiger partial charge in [0.1, 0.15) is 17.1 Å². The van der Waals surface area contributed by atoms with Crippen molar-refractivity contribution in [3.8, 4) is 23.3 Å². The first-order valence-electron chi connectivity index (χ1n) is 10.2. The second kappa shape index (κ2) is 8.41. The third kappa shape index (κ3) is 5.34. The van der Waals surface area contributed by atoms with Crippen LogP contribution in [0.1, 0.15) is 63.5 Å². The summed E-state index contributed by atoms with van der Waals surface area (Å²) in [6, 6.07) is 3.83. The number of phenolic OH excluding ortho intramolecular Hbond substituents is 1. The van der Waals surface area contributed by atoms with Crippen LogP contribution in [0.15, 0.2) is 23.8 Å². The maximum Gasteiger partial charge on any atom is 0.208 e. The molecule has 2 atom stereocenters. The number of phenols is 1. The Morgan fingerprint density at radius 3 is 2.79 bits per heavy atom. The molecule has 158 valence electrons. The highest BCUT2D eigenvalue weighted by Gasteiger charge is 2.45. The molecular weight excluding hydrogens is 386 g/mol. The topological polar surface area (TPSA) is 75.6 Å². The Hall–Kier alpha value is -1.97. The first kappa shape index (κ1) is 21.7. The Bertz CT molecular complexity index is 967. The molecule has 1 aromatic carbocycles. The van der Waals surface area contributed by atoms with Crippen LogP contribution in [-0.2, 0) is 16.4 Å². The van der Waals surface area contributed by atoms with Crippen molar-refractivity contribution in [1.82, 2.24) is 4.72 Å². The molecule has 0 bridgehead atoms. The van der Waals surface area contributed by atoms with Crippen LogP contribution in [0, 0.1) is 17.8 Å². The minimum Gasteiger partial charge on any atom is -0.508 e. The molecule has 0 amide bonds. The highest BCUT2D eigenvalue weighted by atomic mass is 32.2. The van der Waals surface area contributed by atoms with Gasteiger partial charge < -0.3 is 9.84 Å². The minimum atomic E-state index is -3.14. The molecule has 1 aromatic rings. The zero-order valence-corrected chi connectivity index (χ0v) is 18.5. The number of aromatic hydroxyl groups is 1. The van der Waals surface area contributed by atoms with Crippen LogP contribution < -0.4 is 9.46 Å². The van der Waals surface area contributed by atoms with E-state index in [-0.39, 0.29) is 11.5 Å². The second-order valence-electron chi connectivity index (χ2n) is 8.74. The molecule has 0 radical (unpaired) electrons. The largest absolute Gasteiger partial charge is 0.508 e. The van der Waals surface area contributed by atoms with Crippen LogP contribution in [0.4, 0.5) is 0 Å². The summed E-state index contributed by atoms with van der Waals surface area (Å²) in [6.45, 7) is 6.82. The maximum absolute atomic E-state index is 11.0. The summed E-state index contributed by atoms with van der Waals surface area (Å²) >= 11 is 0. The average Bonchev–Trinajstić information content (AvgIpc) is 2.58. The van der Waals surface area contributed by atoms with Gasteiger partial charge in [-0.1, -0.05) is 17.6 Å². The summed E-state index contributed by atoms with van der Waals surface area (Å²) in [5, 5.41) is 10.8. The lowest BCUT2D eigenvalue weighted by Crippen LogP contribution is -2.45. The normalized spacial score (nSPS) is 22.4. The zero-order valence-electron chi connectivity index (χ0n) is 17.7. The quantitative estimate of drug-likeness (QED) is 0.433. The van der Waals surface area contributed by atoms with Crippen molar-refractivity contribution in [1.29, 1.82) is 0 Å². The fourth-order valence-electron chi connectivity index (χ4n) is 4.41. The maximum atomic E-state index is 11.0. The molecule has 0 spiro atoms. The fourth-order valence-corrected chi connectivity index (χ4v) is 4.92. The summed E-state index contributed by atoms with van der Waals surface area (Å²) in [6.07, 6.45) is 7.20. The van der Waals surface area contributed by atoms with Crippen LogP contribution in [0.2, 0.25) is 0 Å². The van der Waals surface area contributed by atoms with Crippen molar-refractivity contribution in [2.45, 2.75) is 64.4 Å². The third-order valence-electron chi connectivity index (χ3n) is 5.82. The number of benzene rings is 1. The van der Waals surface area contributed by atoms with Crippen molar-refractivity contribution >= 4 is 10.0 Å². The van der Waals surface area contributed by atoms with Gasteiger partial charge >= 0.3 is 0 Å². The van der Waals surface area contributed by atoms with E-state index in [1.54, 1.807) is 0 Å². The highest BCUT2D eigenvalue weighted by Crippen LogP contribution is 2.54. The number of hydrogen-bond donors (Lipinski definition) is 2. The number of nitrogens with one attached hydrogen (secondary N) is 1. The van der Waals surface area contributed by atoms with Crippen molar-refractivity contribution in [2.75, 3.05) is 12.8 Å². The van der Waals surface area contributed by atoms with Gasteiger partial charge in [-0.3, -0.25) is 0 Å². The number of fused-ring (bicyclic) bond motifs is 3. The van der Waals surface area contributed by atoms with E-state index in [1.807, 2.05) is 12.1 Å². The number of hydrogen-bond acceptors (Lipinski definition) is 4. The predicted octanol–water partition coefficient (Wildman–Crippen LogP) is 3.88. The standard InChI is InChI=1S/C23H31NO4S/c1-16-10-11-19-18(13-16)22-20(25)14-17(15-21(22)28-23(19,2)3)9-7-5-6-8-12-24-29(4,26)27/h10,14-15,18-19,24-25H,6,8-9,11-13H2,1-4H3/t18-,19+/m0/s1. The zero-order chi connectivity index (χ0) is 21.2. The van der Waals surface area contributed by atoms with Crippen LogP contribution in [0.5, 0.6) is 11.5 Å². The van der Waals surface area contributed by atoms with Gasteiger partial charge in [0.15, 0.2) is 0 Å². The molecule has 29 heavy (non-hydrogen) atoms. The molecule has 5 nitrogen and oxygen atoms in total. The van der Waals surface area contributed by atoms with Gasteiger partial charge in [-0.2, -0.15) is 0 Å². The highest BCUT2D eigenvalue weighted by molar-refractivity contribution is 7.88. The van der Waals surface area contributed by atoms with Crippen molar-refractivity contribution < 1.29 is 18.3 Å². The second-order valence-corrected chi connectivity index (χ2v) is 10.6. The first-order chi connectivity index (χ1) is 13.6. The summed E-state index contributed by atoms with van der Waals surface area (Å²) < 4.78 is 30.8. The Kier molecular flexibility index (Phi) is 6.30. The lowest BCUT2D eigenvalue weighted by molar-refractivity contribution is 0.00754. The summed E-state index contributed by atoms with van der Waals surface area (Å²) in [7, 11) is -3.14. The lowest BCUT2D eigenvalue weighted by atomic mass is 9.67. The van der Waals surface area contributed by atoms with E-state index in [1.165, 1.54) is 5.57 Å². The third-order valence-corrected chi connectivity index (χ3v) is 6.55. The van der Waals surface area contributed by atoms with E-state index >= 15 is 0 Å². The Balaban J connectivity index is 1.70. The molecule has 0 saturated carbocycles. The van der Waals surface area contributed by atoms with E-state index in [9.17, 15) is 13.5 Å². The van der Waals surface area contributed by atoms with Crippen LogP contribution in [0.3, 0.4) is 0 Å². The van der Waals surface area contributed by atoms with E-state index in [0.29, 0.717) is 37.5 Å². The van der Waals surface area contributed by atoms with E-state index in [4.69, 9.17) is 4.74 Å². The molecule has 0 fully saturated rings. The van der Waals surface area contributed by atoms with E-state index in [0.717, 1.165) is 36.0 Å². The Morgan fingerprint density at radius 2 is 2.07 bits per heavy atom. The molecule has 1 heterocycles. The number of sulfonamides is 1.